The zero-order valence-corrected chi connectivity index (χ0v) is 16.8. The minimum absolute atomic E-state index is 0. The molecule has 20 heavy (non-hydrogen) atoms. The van der Waals surface area contributed by atoms with Crippen LogP contribution in [0.15, 0.2) is 0 Å². The number of rotatable bonds is 15. The quantitative estimate of drug-likeness (QED) is 0.222. The van der Waals surface area contributed by atoms with E-state index < -0.39 is 0 Å². The normalized spacial score (nSPS) is 12.8. The molecule has 0 aliphatic carbocycles. The molecule has 0 saturated carbocycles. The number of hydrogen-bond donors (Lipinski definition) is 0. The van der Waals surface area contributed by atoms with Crippen LogP contribution in [-0.4, -0.2) is 12.3 Å². The average molecular weight is 337 g/mol. The Labute approximate surface area is 143 Å². The molecule has 0 nitrogen and oxygen atoms in total. The summed E-state index contributed by atoms with van der Waals surface area (Å²) < 4.78 is 0. The van der Waals surface area contributed by atoms with Gasteiger partial charge in [0.25, 0.3) is 0 Å². The molecule has 0 amide bonds. The molecule has 0 aromatic rings. The van der Waals surface area contributed by atoms with E-state index in [2.05, 4.69) is 20.8 Å². The van der Waals surface area contributed by atoms with Crippen LogP contribution in [0.4, 0.5) is 0 Å². The zero-order chi connectivity index (χ0) is 14.2. The summed E-state index contributed by atoms with van der Waals surface area (Å²) in [5, 5.41) is 0. The molecular formula is C18H39PV. The Morgan fingerprint density at radius 1 is 0.600 bits per heavy atom. The number of unbranched alkanes of at least 4 members (excludes halogenated alkanes) is 6. The van der Waals surface area contributed by atoms with Gasteiger partial charge in [-0.1, -0.05) is 85.0 Å². The van der Waals surface area contributed by atoms with Crippen molar-refractivity contribution < 1.29 is 18.6 Å². The van der Waals surface area contributed by atoms with Crippen LogP contribution < -0.4 is 0 Å². The molecule has 0 aliphatic rings. The zero-order valence-electron chi connectivity index (χ0n) is 14.4. The second-order valence-corrected chi connectivity index (χ2v) is 7.60. The standard InChI is InChI=1S/C18H39P.V/c1-4-7-9-10-12-16-19-17-15-18(13-6-3)14-11-8-5-2;/h18-19H,4-17H2,1-3H3;. The van der Waals surface area contributed by atoms with E-state index in [9.17, 15) is 0 Å². The molecule has 0 spiro atoms. The van der Waals surface area contributed by atoms with Crippen LogP contribution in [0.5, 0.6) is 0 Å². The van der Waals surface area contributed by atoms with Crippen molar-refractivity contribution in [1.82, 2.24) is 0 Å². The van der Waals surface area contributed by atoms with Crippen molar-refractivity contribution in [1.29, 1.82) is 0 Å². The SMILES string of the molecule is CCCCCCCPCCC(CCC)CCCCC.[V]. The Balaban J connectivity index is 0. The molecule has 0 aliphatic heterocycles. The molecule has 121 valence electrons. The monoisotopic (exact) mass is 337 g/mol. The fourth-order valence-corrected chi connectivity index (χ4v) is 4.17. The van der Waals surface area contributed by atoms with Crippen molar-refractivity contribution in [2.45, 2.75) is 97.8 Å². The van der Waals surface area contributed by atoms with Crippen molar-refractivity contribution in [2.24, 2.45) is 5.92 Å². The third-order valence-electron chi connectivity index (χ3n) is 4.10. The van der Waals surface area contributed by atoms with E-state index >= 15 is 0 Å². The molecule has 0 fully saturated rings. The van der Waals surface area contributed by atoms with Crippen LogP contribution in [0.2, 0.25) is 0 Å². The van der Waals surface area contributed by atoms with Gasteiger partial charge >= 0.3 is 0 Å². The molecular weight excluding hydrogens is 298 g/mol. The largest absolute Gasteiger partial charge is 0.122 e. The molecule has 0 aromatic carbocycles. The summed E-state index contributed by atoms with van der Waals surface area (Å²) in [7, 11) is 1.25. The third-order valence-corrected chi connectivity index (χ3v) is 5.45. The number of hydrogen-bond acceptors (Lipinski definition) is 0. The predicted octanol–water partition coefficient (Wildman–Crippen LogP) is 7.02. The van der Waals surface area contributed by atoms with Crippen molar-refractivity contribution in [3.05, 3.63) is 0 Å². The van der Waals surface area contributed by atoms with Crippen molar-refractivity contribution in [3.63, 3.8) is 0 Å². The maximum absolute atomic E-state index is 2.35. The molecule has 2 atom stereocenters. The van der Waals surface area contributed by atoms with Crippen molar-refractivity contribution in [3.8, 4) is 0 Å². The van der Waals surface area contributed by atoms with Gasteiger partial charge in [0.05, 0.1) is 0 Å². The Hall–Kier alpha value is 1.01. The van der Waals surface area contributed by atoms with Crippen LogP contribution in [0, 0.1) is 5.92 Å². The van der Waals surface area contributed by atoms with E-state index in [-0.39, 0.29) is 18.6 Å². The first-order valence-corrected chi connectivity index (χ1v) is 10.5. The minimum atomic E-state index is 0. The Bertz CT molecular complexity index is 161. The van der Waals surface area contributed by atoms with Crippen LogP contribution in [-0.2, 0) is 18.6 Å². The van der Waals surface area contributed by atoms with Gasteiger partial charge in [-0.3, -0.25) is 0 Å². The summed E-state index contributed by atoms with van der Waals surface area (Å²) in [4.78, 5) is 0. The minimum Gasteiger partial charge on any atom is -0.122 e. The molecule has 2 unspecified atom stereocenters. The Kier molecular flexibility index (Phi) is 23.3. The van der Waals surface area contributed by atoms with E-state index in [0.717, 1.165) is 5.92 Å². The summed E-state index contributed by atoms with van der Waals surface area (Å²) in [5.41, 5.74) is 0. The van der Waals surface area contributed by atoms with Gasteiger partial charge in [-0.2, -0.15) is 0 Å². The summed E-state index contributed by atoms with van der Waals surface area (Å²) in [6.45, 7) is 6.96. The first kappa shape index (κ1) is 23.3. The van der Waals surface area contributed by atoms with Gasteiger partial charge in [-0.05, 0) is 31.1 Å². The fourth-order valence-electron chi connectivity index (χ4n) is 2.81. The van der Waals surface area contributed by atoms with Gasteiger partial charge in [0.2, 0.25) is 0 Å². The summed E-state index contributed by atoms with van der Waals surface area (Å²) >= 11 is 0. The third kappa shape index (κ3) is 17.1. The Morgan fingerprint density at radius 2 is 1.25 bits per heavy atom. The van der Waals surface area contributed by atoms with Gasteiger partial charge in [0, 0.05) is 18.6 Å². The van der Waals surface area contributed by atoms with Gasteiger partial charge in [-0.25, -0.2) is 0 Å². The van der Waals surface area contributed by atoms with Gasteiger partial charge < -0.3 is 0 Å². The molecule has 0 heterocycles. The molecule has 0 rings (SSSR count). The van der Waals surface area contributed by atoms with Crippen LogP contribution >= 0.6 is 8.58 Å². The van der Waals surface area contributed by atoms with Crippen molar-refractivity contribution in [2.75, 3.05) is 12.3 Å². The molecule has 0 N–H and O–H groups in total. The van der Waals surface area contributed by atoms with E-state index in [1.54, 1.807) is 0 Å². The predicted molar refractivity (Wildman–Crippen MR) is 94.0 cm³/mol. The van der Waals surface area contributed by atoms with Crippen LogP contribution in [0.1, 0.15) is 97.8 Å². The van der Waals surface area contributed by atoms with E-state index in [0.29, 0.717) is 0 Å². The van der Waals surface area contributed by atoms with E-state index in [1.807, 2.05) is 0 Å². The maximum atomic E-state index is 2.35. The average Bonchev–Trinajstić information content (AvgIpc) is 2.42. The topological polar surface area (TPSA) is 0 Å². The second kappa shape index (κ2) is 20.0. The maximum Gasteiger partial charge on any atom is 0 e. The molecule has 0 aromatic heterocycles. The Morgan fingerprint density at radius 3 is 1.90 bits per heavy atom. The van der Waals surface area contributed by atoms with E-state index in [1.165, 1.54) is 98.0 Å². The van der Waals surface area contributed by atoms with Crippen molar-refractivity contribution >= 4 is 8.58 Å². The molecule has 1 radical (unpaired) electrons. The van der Waals surface area contributed by atoms with Gasteiger partial charge in [-0.15, -0.1) is 8.58 Å². The van der Waals surface area contributed by atoms with Crippen LogP contribution in [0.25, 0.3) is 0 Å². The fraction of sp³-hybridized carbons (Fsp3) is 1.00. The molecule has 2 heteroatoms. The first-order valence-electron chi connectivity index (χ1n) is 9.05. The summed E-state index contributed by atoms with van der Waals surface area (Å²) in [5.74, 6) is 1.05. The summed E-state index contributed by atoms with van der Waals surface area (Å²) in [6.07, 6.45) is 20.5. The van der Waals surface area contributed by atoms with Crippen LogP contribution in [0.3, 0.4) is 0 Å². The smallest absolute Gasteiger partial charge is 0 e. The van der Waals surface area contributed by atoms with Gasteiger partial charge in [0.15, 0.2) is 0 Å². The van der Waals surface area contributed by atoms with Gasteiger partial charge in [0.1, 0.15) is 0 Å². The summed E-state index contributed by atoms with van der Waals surface area (Å²) in [6, 6.07) is 0. The first-order chi connectivity index (χ1) is 9.35. The molecule has 0 bridgehead atoms. The molecule has 0 saturated heterocycles. The second-order valence-electron chi connectivity index (χ2n) is 6.10. The van der Waals surface area contributed by atoms with E-state index in [4.69, 9.17) is 0 Å².